The van der Waals surface area contributed by atoms with E-state index in [0.29, 0.717) is 10.0 Å². The van der Waals surface area contributed by atoms with Crippen molar-refractivity contribution in [1.82, 2.24) is 0 Å². The van der Waals surface area contributed by atoms with Crippen molar-refractivity contribution in [1.29, 1.82) is 0 Å². The van der Waals surface area contributed by atoms with Crippen LogP contribution in [0.25, 0.3) is 0 Å². The van der Waals surface area contributed by atoms with E-state index in [1.54, 1.807) is 13.2 Å². The van der Waals surface area contributed by atoms with Crippen molar-refractivity contribution in [3.05, 3.63) is 63.6 Å². The summed E-state index contributed by atoms with van der Waals surface area (Å²) in [6, 6.07) is 13.6. The first kappa shape index (κ1) is 15.2. The van der Waals surface area contributed by atoms with Crippen LogP contribution in [0, 0.1) is 0 Å². The molecule has 4 heteroatoms. The fraction of sp³-hybridized carbons (Fsp3) is 0.250. The molecule has 1 unspecified atom stereocenters. The number of hydrogen-bond donors (Lipinski definition) is 1. The van der Waals surface area contributed by atoms with Gasteiger partial charge in [-0.1, -0.05) is 41.4 Å². The van der Waals surface area contributed by atoms with Crippen LogP contribution in [0.4, 0.5) is 0 Å². The molecule has 0 amide bonds. The van der Waals surface area contributed by atoms with Crippen LogP contribution in [0.3, 0.4) is 0 Å². The highest BCUT2D eigenvalue weighted by Gasteiger charge is 2.07. The molecule has 0 heterocycles. The Hall–Kier alpha value is -1.22. The standard InChI is InChI=1S/C16H17Cl2NO/c1-20-14-5-2-11(3-6-14)8-13(19)9-12-4-7-15(17)16(18)10-12/h2-7,10,13H,8-9,19H2,1H3. The third kappa shape index (κ3) is 4.14. The highest BCUT2D eigenvalue weighted by molar-refractivity contribution is 6.42. The molecule has 2 aromatic carbocycles. The molecule has 0 aromatic heterocycles. The summed E-state index contributed by atoms with van der Waals surface area (Å²) in [6.45, 7) is 0. The zero-order valence-electron chi connectivity index (χ0n) is 11.3. The third-order valence-corrected chi connectivity index (χ3v) is 3.88. The van der Waals surface area contributed by atoms with E-state index in [-0.39, 0.29) is 6.04 Å². The van der Waals surface area contributed by atoms with Gasteiger partial charge in [-0.25, -0.2) is 0 Å². The number of nitrogens with two attached hydrogens (primary N) is 1. The van der Waals surface area contributed by atoms with Gasteiger partial charge in [0.15, 0.2) is 0 Å². The van der Waals surface area contributed by atoms with Gasteiger partial charge in [0.1, 0.15) is 5.75 Å². The van der Waals surface area contributed by atoms with Crippen molar-refractivity contribution in [3.8, 4) is 5.75 Å². The summed E-state index contributed by atoms with van der Waals surface area (Å²) in [5.41, 5.74) is 8.48. The molecule has 2 rings (SSSR count). The lowest BCUT2D eigenvalue weighted by Gasteiger charge is -2.12. The van der Waals surface area contributed by atoms with Crippen molar-refractivity contribution >= 4 is 23.2 Å². The van der Waals surface area contributed by atoms with E-state index in [2.05, 4.69) is 0 Å². The van der Waals surface area contributed by atoms with E-state index in [1.807, 2.05) is 36.4 Å². The SMILES string of the molecule is COc1ccc(CC(N)Cc2ccc(Cl)c(Cl)c2)cc1. The number of benzene rings is 2. The summed E-state index contributed by atoms with van der Waals surface area (Å²) < 4.78 is 5.14. The van der Waals surface area contributed by atoms with E-state index in [0.717, 1.165) is 24.2 Å². The molecule has 106 valence electrons. The number of halogens is 2. The minimum Gasteiger partial charge on any atom is -0.497 e. The Labute approximate surface area is 129 Å². The van der Waals surface area contributed by atoms with Crippen molar-refractivity contribution in [2.45, 2.75) is 18.9 Å². The van der Waals surface area contributed by atoms with Gasteiger partial charge in [0, 0.05) is 6.04 Å². The maximum atomic E-state index is 6.19. The van der Waals surface area contributed by atoms with E-state index >= 15 is 0 Å². The highest BCUT2D eigenvalue weighted by atomic mass is 35.5. The molecule has 0 aliphatic rings. The first-order chi connectivity index (χ1) is 9.58. The van der Waals surface area contributed by atoms with Gasteiger partial charge >= 0.3 is 0 Å². The quantitative estimate of drug-likeness (QED) is 0.902. The Bertz CT molecular complexity index is 569. The predicted octanol–water partition coefficient (Wildman–Crippen LogP) is 4.11. The van der Waals surface area contributed by atoms with E-state index < -0.39 is 0 Å². The maximum absolute atomic E-state index is 6.19. The summed E-state index contributed by atoms with van der Waals surface area (Å²) in [4.78, 5) is 0. The molecule has 0 fully saturated rings. The predicted molar refractivity (Wildman–Crippen MR) is 84.8 cm³/mol. The Kier molecular flexibility index (Phi) is 5.30. The van der Waals surface area contributed by atoms with E-state index in [1.165, 1.54) is 5.56 Å². The van der Waals surface area contributed by atoms with Crippen LogP contribution in [-0.2, 0) is 12.8 Å². The van der Waals surface area contributed by atoms with Gasteiger partial charge in [-0.05, 0) is 48.2 Å². The molecule has 0 spiro atoms. The first-order valence-electron chi connectivity index (χ1n) is 6.41. The van der Waals surface area contributed by atoms with Crippen molar-refractivity contribution in [2.75, 3.05) is 7.11 Å². The Balaban J connectivity index is 1.97. The lowest BCUT2D eigenvalue weighted by molar-refractivity contribution is 0.414. The Morgan fingerprint density at radius 1 is 0.950 bits per heavy atom. The molecule has 20 heavy (non-hydrogen) atoms. The van der Waals surface area contributed by atoms with E-state index in [9.17, 15) is 0 Å². The van der Waals surface area contributed by atoms with Gasteiger partial charge in [-0.15, -0.1) is 0 Å². The second-order valence-corrected chi connectivity index (χ2v) is 5.58. The molecule has 2 nitrogen and oxygen atoms in total. The normalized spacial score (nSPS) is 12.2. The van der Waals surface area contributed by atoms with Gasteiger partial charge < -0.3 is 10.5 Å². The first-order valence-corrected chi connectivity index (χ1v) is 7.16. The van der Waals surface area contributed by atoms with Crippen LogP contribution in [-0.4, -0.2) is 13.2 Å². The van der Waals surface area contributed by atoms with Gasteiger partial charge in [0.2, 0.25) is 0 Å². The smallest absolute Gasteiger partial charge is 0.118 e. The highest BCUT2D eigenvalue weighted by Crippen LogP contribution is 2.23. The fourth-order valence-corrected chi connectivity index (χ4v) is 2.43. The van der Waals surface area contributed by atoms with Gasteiger partial charge in [-0.2, -0.15) is 0 Å². The molecule has 2 N–H and O–H groups in total. The zero-order valence-corrected chi connectivity index (χ0v) is 12.8. The third-order valence-electron chi connectivity index (χ3n) is 3.14. The molecule has 0 bridgehead atoms. The van der Waals surface area contributed by atoms with Crippen LogP contribution in [0.2, 0.25) is 10.0 Å². The maximum Gasteiger partial charge on any atom is 0.118 e. The average molecular weight is 310 g/mol. The molecular formula is C16H17Cl2NO. The van der Waals surface area contributed by atoms with Crippen LogP contribution < -0.4 is 10.5 Å². The fourth-order valence-electron chi connectivity index (χ4n) is 2.11. The summed E-state index contributed by atoms with van der Waals surface area (Å²) in [5.74, 6) is 0.854. The van der Waals surface area contributed by atoms with E-state index in [4.69, 9.17) is 33.7 Å². The molecular weight excluding hydrogens is 293 g/mol. The second-order valence-electron chi connectivity index (χ2n) is 4.76. The van der Waals surface area contributed by atoms with Crippen LogP contribution >= 0.6 is 23.2 Å². The van der Waals surface area contributed by atoms with Crippen LogP contribution in [0.15, 0.2) is 42.5 Å². The summed E-state index contributed by atoms with van der Waals surface area (Å²) >= 11 is 11.9. The number of hydrogen-bond acceptors (Lipinski definition) is 2. The number of ether oxygens (including phenoxy) is 1. The second kappa shape index (κ2) is 6.98. The van der Waals surface area contributed by atoms with Gasteiger partial charge in [-0.3, -0.25) is 0 Å². The lowest BCUT2D eigenvalue weighted by Crippen LogP contribution is -2.25. The average Bonchev–Trinajstić information content (AvgIpc) is 2.44. The monoisotopic (exact) mass is 309 g/mol. The summed E-state index contributed by atoms with van der Waals surface area (Å²) in [6.07, 6.45) is 1.58. The van der Waals surface area contributed by atoms with Crippen molar-refractivity contribution in [2.24, 2.45) is 5.73 Å². The van der Waals surface area contributed by atoms with Crippen LogP contribution in [0.1, 0.15) is 11.1 Å². The number of methoxy groups -OCH3 is 1. The zero-order chi connectivity index (χ0) is 14.5. The largest absolute Gasteiger partial charge is 0.497 e. The van der Waals surface area contributed by atoms with Gasteiger partial charge in [0.25, 0.3) is 0 Å². The van der Waals surface area contributed by atoms with Crippen molar-refractivity contribution in [3.63, 3.8) is 0 Å². The molecule has 0 saturated carbocycles. The topological polar surface area (TPSA) is 35.2 Å². The van der Waals surface area contributed by atoms with Crippen LogP contribution in [0.5, 0.6) is 5.75 Å². The minimum absolute atomic E-state index is 0.0423. The summed E-state index contributed by atoms with van der Waals surface area (Å²) in [7, 11) is 1.66. The summed E-state index contributed by atoms with van der Waals surface area (Å²) in [5, 5.41) is 1.14. The molecule has 0 saturated heterocycles. The van der Waals surface area contributed by atoms with Gasteiger partial charge in [0.05, 0.1) is 17.2 Å². The number of rotatable bonds is 5. The molecule has 0 aliphatic heterocycles. The van der Waals surface area contributed by atoms with Crippen molar-refractivity contribution < 1.29 is 4.74 Å². The molecule has 2 aromatic rings. The molecule has 0 radical (unpaired) electrons. The lowest BCUT2D eigenvalue weighted by atomic mass is 10.00. The minimum atomic E-state index is 0.0423. The molecule has 1 atom stereocenters. The Morgan fingerprint density at radius 3 is 2.15 bits per heavy atom. The Morgan fingerprint density at radius 2 is 1.55 bits per heavy atom. The molecule has 0 aliphatic carbocycles.